The lowest BCUT2D eigenvalue weighted by Crippen LogP contribution is -2.10. The highest BCUT2D eigenvalue weighted by molar-refractivity contribution is 6.33. The number of halogens is 3. The molecular formula is C11H9Cl2FN4. The molecule has 18 heavy (non-hydrogen) atoms. The Morgan fingerprint density at radius 2 is 2.00 bits per heavy atom. The molecule has 0 saturated heterocycles. The number of hydrogen-bond acceptors (Lipinski definition) is 4. The van der Waals surface area contributed by atoms with Crippen LogP contribution in [-0.2, 0) is 0 Å². The lowest BCUT2D eigenvalue weighted by molar-refractivity contribution is 0.617. The molecule has 0 bridgehead atoms. The zero-order valence-electron chi connectivity index (χ0n) is 9.36. The van der Waals surface area contributed by atoms with Gasteiger partial charge in [-0.05, 0) is 30.7 Å². The van der Waals surface area contributed by atoms with Crippen LogP contribution in [0.2, 0.25) is 10.3 Å². The molecule has 2 rings (SSSR count). The van der Waals surface area contributed by atoms with Crippen molar-refractivity contribution in [3.63, 3.8) is 0 Å². The summed E-state index contributed by atoms with van der Waals surface area (Å²) in [6, 6.07) is 2.74. The molecule has 2 aromatic rings. The van der Waals surface area contributed by atoms with E-state index in [1.807, 2.05) is 6.92 Å². The largest absolute Gasteiger partial charge is 0.361 e. The molecule has 4 nitrogen and oxygen atoms in total. The maximum absolute atomic E-state index is 12.8. The van der Waals surface area contributed by atoms with Crippen LogP contribution in [0.4, 0.5) is 10.2 Å². The van der Waals surface area contributed by atoms with E-state index in [1.165, 1.54) is 12.3 Å². The fourth-order valence-corrected chi connectivity index (χ4v) is 1.65. The van der Waals surface area contributed by atoms with Gasteiger partial charge >= 0.3 is 0 Å². The third-order valence-electron chi connectivity index (χ3n) is 2.26. The van der Waals surface area contributed by atoms with Crippen molar-refractivity contribution in [3.8, 4) is 0 Å². The monoisotopic (exact) mass is 286 g/mol. The van der Waals surface area contributed by atoms with Crippen molar-refractivity contribution >= 4 is 29.0 Å². The second-order valence-electron chi connectivity index (χ2n) is 3.60. The number of hydrogen-bond donors (Lipinski definition) is 1. The first kappa shape index (κ1) is 13.0. The molecule has 2 aromatic heterocycles. The molecule has 94 valence electrons. The molecule has 0 radical (unpaired) electrons. The summed E-state index contributed by atoms with van der Waals surface area (Å²) in [6.07, 6.45) is 2.56. The minimum atomic E-state index is -0.380. The van der Waals surface area contributed by atoms with Gasteiger partial charge in [0.15, 0.2) is 0 Å². The van der Waals surface area contributed by atoms with Crippen LogP contribution >= 0.6 is 23.2 Å². The predicted octanol–water partition coefficient (Wildman–Crippen LogP) is 3.49. The first-order valence-corrected chi connectivity index (χ1v) is 5.88. The van der Waals surface area contributed by atoms with Gasteiger partial charge in [-0.3, -0.25) is 4.98 Å². The number of nitrogens with one attached hydrogen (secondary N) is 1. The standard InChI is InChI=1S/C11H9Cl2FN4/c1-6(9-3-2-7(14)4-15-9)17-10-8(12)5-16-11(13)18-10/h2-6H,1H3,(H,16,17,18)/t6-/m0/s1. The lowest BCUT2D eigenvalue weighted by Gasteiger charge is -2.14. The van der Waals surface area contributed by atoms with Crippen LogP contribution in [0.5, 0.6) is 0 Å². The first-order valence-electron chi connectivity index (χ1n) is 5.12. The van der Waals surface area contributed by atoms with Crippen LogP contribution in [-0.4, -0.2) is 15.0 Å². The fourth-order valence-electron chi connectivity index (χ4n) is 1.37. The fraction of sp³-hybridized carbons (Fsp3) is 0.182. The second-order valence-corrected chi connectivity index (χ2v) is 4.35. The van der Waals surface area contributed by atoms with Gasteiger partial charge in [0.2, 0.25) is 5.28 Å². The zero-order valence-corrected chi connectivity index (χ0v) is 10.9. The highest BCUT2D eigenvalue weighted by Crippen LogP contribution is 2.23. The smallest absolute Gasteiger partial charge is 0.224 e. The van der Waals surface area contributed by atoms with Gasteiger partial charge < -0.3 is 5.32 Å². The van der Waals surface area contributed by atoms with E-state index in [4.69, 9.17) is 23.2 Å². The highest BCUT2D eigenvalue weighted by Gasteiger charge is 2.11. The summed E-state index contributed by atoms with van der Waals surface area (Å²) < 4.78 is 12.8. The van der Waals surface area contributed by atoms with Crippen LogP contribution in [0.25, 0.3) is 0 Å². The van der Waals surface area contributed by atoms with Crippen LogP contribution in [0.3, 0.4) is 0 Å². The van der Waals surface area contributed by atoms with Gasteiger partial charge in [0.1, 0.15) is 16.7 Å². The van der Waals surface area contributed by atoms with Gasteiger partial charge in [0, 0.05) is 0 Å². The molecule has 1 atom stereocenters. The van der Waals surface area contributed by atoms with Crippen molar-refractivity contribution < 1.29 is 4.39 Å². The maximum atomic E-state index is 12.8. The van der Waals surface area contributed by atoms with Crippen molar-refractivity contribution in [1.82, 2.24) is 15.0 Å². The van der Waals surface area contributed by atoms with Crippen LogP contribution in [0.15, 0.2) is 24.5 Å². The number of anilines is 1. The molecule has 0 aliphatic rings. The van der Waals surface area contributed by atoms with Gasteiger partial charge in [-0.2, -0.15) is 4.98 Å². The Balaban J connectivity index is 2.18. The average molecular weight is 287 g/mol. The van der Waals surface area contributed by atoms with Gasteiger partial charge in [-0.25, -0.2) is 9.37 Å². The molecule has 0 spiro atoms. The summed E-state index contributed by atoms with van der Waals surface area (Å²) in [6.45, 7) is 1.85. The van der Waals surface area contributed by atoms with Crippen molar-refractivity contribution in [1.29, 1.82) is 0 Å². The molecule has 0 saturated carbocycles. The molecule has 0 unspecified atom stereocenters. The van der Waals surface area contributed by atoms with Crippen molar-refractivity contribution in [2.45, 2.75) is 13.0 Å². The number of rotatable bonds is 3. The Morgan fingerprint density at radius 3 is 2.67 bits per heavy atom. The Morgan fingerprint density at radius 1 is 1.22 bits per heavy atom. The zero-order chi connectivity index (χ0) is 13.1. The summed E-state index contributed by atoms with van der Waals surface area (Å²) in [7, 11) is 0. The molecule has 7 heteroatoms. The highest BCUT2D eigenvalue weighted by atomic mass is 35.5. The van der Waals surface area contributed by atoms with Crippen molar-refractivity contribution in [3.05, 3.63) is 46.3 Å². The summed E-state index contributed by atoms with van der Waals surface area (Å²) in [4.78, 5) is 11.7. The van der Waals surface area contributed by atoms with Gasteiger partial charge in [0.05, 0.1) is 24.1 Å². The van der Waals surface area contributed by atoms with E-state index in [0.717, 1.165) is 6.20 Å². The Labute approximate surface area is 113 Å². The summed E-state index contributed by atoms with van der Waals surface area (Å²) in [5.74, 6) is 0.0318. The Bertz CT molecular complexity index is 547. The minimum Gasteiger partial charge on any atom is -0.361 e. The molecular weight excluding hydrogens is 278 g/mol. The van der Waals surface area contributed by atoms with E-state index in [1.54, 1.807) is 6.07 Å². The second kappa shape index (κ2) is 5.46. The van der Waals surface area contributed by atoms with Crippen molar-refractivity contribution in [2.75, 3.05) is 5.32 Å². The normalized spacial score (nSPS) is 12.2. The number of nitrogens with zero attached hydrogens (tertiary/aromatic N) is 3. The van der Waals surface area contributed by atoms with E-state index >= 15 is 0 Å². The molecule has 1 N–H and O–H groups in total. The maximum Gasteiger partial charge on any atom is 0.224 e. The SMILES string of the molecule is C[C@H](Nc1nc(Cl)ncc1Cl)c1ccc(F)cn1. The molecule has 0 aliphatic heterocycles. The Kier molecular flexibility index (Phi) is 3.93. The minimum absolute atomic E-state index is 0.0983. The molecule has 0 aromatic carbocycles. The topological polar surface area (TPSA) is 50.7 Å². The van der Waals surface area contributed by atoms with E-state index in [9.17, 15) is 4.39 Å². The van der Waals surface area contributed by atoms with E-state index < -0.39 is 0 Å². The summed E-state index contributed by atoms with van der Waals surface area (Å²) in [5, 5.41) is 3.49. The predicted molar refractivity (Wildman–Crippen MR) is 68.3 cm³/mol. The van der Waals surface area contributed by atoms with Gasteiger partial charge in [-0.15, -0.1) is 0 Å². The molecule has 0 amide bonds. The lowest BCUT2D eigenvalue weighted by atomic mass is 10.2. The van der Waals surface area contributed by atoms with Crippen LogP contribution < -0.4 is 5.32 Å². The quantitative estimate of drug-likeness (QED) is 0.878. The number of aromatic nitrogens is 3. The molecule has 0 fully saturated rings. The van der Waals surface area contributed by atoms with Gasteiger partial charge in [-0.1, -0.05) is 11.6 Å². The third kappa shape index (κ3) is 3.05. The van der Waals surface area contributed by atoms with Crippen molar-refractivity contribution in [2.24, 2.45) is 0 Å². The Hall–Kier alpha value is -1.46. The van der Waals surface area contributed by atoms with E-state index in [2.05, 4.69) is 20.3 Å². The summed E-state index contributed by atoms with van der Waals surface area (Å²) >= 11 is 11.6. The molecule has 0 aliphatic carbocycles. The number of pyridine rings is 1. The first-order chi connectivity index (χ1) is 8.56. The third-order valence-corrected chi connectivity index (χ3v) is 2.72. The molecule has 2 heterocycles. The van der Waals surface area contributed by atoms with E-state index in [-0.39, 0.29) is 17.1 Å². The van der Waals surface area contributed by atoms with Crippen LogP contribution in [0.1, 0.15) is 18.7 Å². The van der Waals surface area contributed by atoms with Gasteiger partial charge in [0.25, 0.3) is 0 Å². The average Bonchev–Trinajstić information content (AvgIpc) is 2.34. The summed E-state index contributed by atoms with van der Waals surface area (Å²) in [5.41, 5.74) is 0.669. The van der Waals surface area contributed by atoms with Crippen LogP contribution in [0, 0.1) is 5.82 Å². The van der Waals surface area contributed by atoms with E-state index in [0.29, 0.717) is 16.5 Å².